The predicted molar refractivity (Wildman–Crippen MR) is 62.1 cm³/mol. The van der Waals surface area contributed by atoms with Crippen LogP contribution in [0.15, 0.2) is 12.3 Å². The van der Waals surface area contributed by atoms with Gasteiger partial charge in [0.25, 0.3) is 5.91 Å². The highest BCUT2D eigenvalue weighted by atomic mass is 35.5. The summed E-state index contributed by atoms with van der Waals surface area (Å²) in [6, 6.07) is -1.02. The summed E-state index contributed by atoms with van der Waals surface area (Å²) in [5.74, 6) is -1.10. The summed E-state index contributed by atoms with van der Waals surface area (Å²) in [5.41, 5.74) is -0.507. The largest absolute Gasteiger partial charge is 0.490 e. The second kappa shape index (κ2) is 5.76. The first-order valence-corrected chi connectivity index (χ1v) is 5.40. The molecule has 0 aromatic carbocycles. The fraction of sp³-hybridized carbons (Fsp3) is 0.333. The first kappa shape index (κ1) is 15.7. The summed E-state index contributed by atoms with van der Waals surface area (Å²) in [6.45, 7) is 0.775. The van der Waals surface area contributed by atoms with Crippen LogP contribution in [-0.4, -0.2) is 40.3 Å². The molecule has 1 rings (SSSR count). The zero-order valence-corrected chi connectivity index (χ0v) is 10.3. The molecule has 0 aliphatic heterocycles. The molecule has 0 radical (unpaired) electrons. The van der Waals surface area contributed by atoms with Crippen molar-refractivity contribution in [3.63, 3.8) is 0 Å². The lowest BCUT2D eigenvalue weighted by molar-refractivity contribution is -0.149. The van der Waals surface area contributed by atoms with Gasteiger partial charge in [-0.25, -0.2) is 4.98 Å². The number of hydrogen-bond acceptors (Lipinski definition) is 4. The third-order valence-corrected chi connectivity index (χ3v) is 2.50. The van der Waals surface area contributed by atoms with Crippen LogP contribution in [0.2, 0.25) is 5.02 Å². The van der Waals surface area contributed by atoms with Crippen LogP contribution in [0.3, 0.4) is 0 Å². The van der Waals surface area contributed by atoms with Crippen molar-refractivity contribution in [3.05, 3.63) is 23.0 Å². The van der Waals surface area contributed by atoms with Crippen LogP contribution in [0, 0.1) is 0 Å². The van der Waals surface area contributed by atoms with Crippen molar-refractivity contribution in [2.24, 2.45) is 0 Å². The van der Waals surface area contributed by atoms with Crippen LogP contribution in [0.25, 0.3) is 0 Å². The van der Waals surface area contributed by atoms with Crippen LogP contribution in [0.1, 0.15) is 17.4 Å². The van der Waals surface area contributed by atoms with Gasteiger partial charge in [0, 0.05) is 11.7 Å². The minimum Gasteiger partial charge on any atom is -0.423 e. The molecular weight excluding hydrogens is 287 g/mol. The van der Waals surface area contributed by atoms with Gasteiger partial charge in [0.15, 0.2) is 0 Å². The van der Waals surface area contributed by atoms with Gasteiger partial charge < -0.3 is 15.4 Å². The lowest BCUT2D eigenvalue weighted by atomic mass is 9.81. The molecule has 0 saturated carbocycles. The van der Waals surface area contributed by atoms with Gasteiger partial charge in [0.05, 0.1) is 5.02 Å². The summed E-state index contributed by atoms with van der Waals surface area (Å²) in [4.78, 5) is 15.0. The highest BCUT2D eigenvalue weighted by Gasteiger charge is 2.37. The number of aromatic nitrogens is 1. The average molecular weight is 296 g/mol. The number of rotatable bonds is 3. The van der Waals surface area contributed by atoms with Crippen molar-refractivity contribution in [2.45, 2.75) is 19.1 Å². The van der Waals surface area contributed by atoms with Crippen molar-refractivity contribution in [2.75, 3.05) is 0 Å². The summed E-state index contributed by atoms with van der Waals surface area (Å²) < 4.78 is 36.8. The Hall–Kier alpha value is -1.32. The zero-order chi connectivity index (χ0) is 14.8. The second-order valence-electron chi connectivity index (χ2n) is 3.71. The SMILES string of the molecule is C[C@@H](NC(=O)c1ncc(B(O)O)cc1Cl)C(F)(F)F. The quantitative estimate of drug-likeness (QED) is 0.691. The van der Waals surface area contributed by atoms with Gasteiger partial charge in [-0.05, 0) is 13.0 Å². The Morgan fingerprint density at radius 2 is 2.11 bits per heavy atom. The molecule has 0 saturated heterocycles. The molecule has 5 nitrogen and oxygen atoms in total. The van der Waals surface area contributed by atoms with Crippen molar-refractivity contribution >= 4 is 30.1 Å². The first-order chi connectivity index (χ1) is 8.62. The van der Waals surface area contributed by atoms with E-state index in [4.69, 9.17) is 21.6 Å². The maximum absolute atomic E-state index is 12.3. The van der Waals surface area contributed by atoms with E-state index in [1.165, 1.54) is 0 Å². The molecule has 10 heteroatoms. The molecule has 1 aromatic heterocycles. The number of carbonyl (C=O) groups excluding carboxylic acids is 1. The topological polar surface area (TPSA) is 82.5 Å². The van der Waals surface area contributed by atoms with Gasteiger partial charge in [-0.1, -0.05) is 11.6 Å². The van der Waals surface area contributed by atoms with E-state index in [0.29, 0.717) is 0 Å². The van der Waals surface area contributed by atoms with E-state index in [-0.39, 0.29) is 10.5 Å². The highest BCUT2D eigenvalue weighted by molar-refractivity contribution is 6.59. The van der Waals surface area contributed by atoms with Crippen LogP contribution >= 0.6 is 11.6 Å². The van der Waals surface area contributed by atoms with Crippen molar-refractivity contribution in [3.8, 4) is 0 Å². The Labute approximate surface area is 111 Å². The number of halogens is 4. The number of nitrogens with one attached hydrogen (secondary N) is 1. The highest BCUT2D eigenvalue weighted by Crippen LogP contribution is 2.20. The number of pyridine rings is 1. The van der Waals surface area contributed by atoms with Crippen molar-refractivity contribution in [1.29, 1.82) is 0 Å². The van der Waals surface area contributed by atoms with E-state index in [2.05, 4.69) is 4.98 Å². The van der Waals surface area contributed by atoms with Gasteiger partial charge in [0.1, 0.15) is 11.7 Å². The average Bonchev–Trinajstić information content (AvgIpc) is 2.26. The third-order valence-electron chi connectivity index (χ3n) is 2.21. The van der Waals surface area contributed by atoms with Gasteiger partial charge in [-0.2, -0.15) is 13.2 Å². The van der Waals surface area contributed by atoms with Crippen LogP contribution in [-0.2, 0) is 0 Å². The normalized spacial score (nSPS) is 13.0. The van der Waals surface area contributed by atoms with Crippen molar-refractivity contribution in [1.82, 2.24) is 10.3 Å². The summed E-state index contributed by atoms with van der Waals surface area (Å²) in [6.07, 6.45) is -3.65. The second-order valence-corrected chi connectivity index (χ2v) is 4.12. The molecule has 0 spiro atoms. The lowest BCUT2D eigenvalue weighted by Gasteiger charge is -2.17. The maximum atomic E-state index is 12.3. The first-order valence-electron chi connectivity index (χ1n) is 5.02. The minimum absolute atomic E-state index is 0.0783. The fourth-order valence-corrected chi connectivity index (χ4v) is 1.37. The van der Waals surface area contributed by atoms with Gasteiger partial charge in [-0.15, -0.1) is 0 Å². The van der Waals surface area contributed by atoms with E-state index in [0.717, 1.165) is 19.2 Å². The third kappa shape index (κ3) is 4.08. The Morgan fingerprint density at radius 3 is 2.53 bits per heavy atom. The van der Waals surface area contributed by atoms with E-state index in [9.17, 15) is 18.0 Å². The number of carbonyl (C=O) groups is 1. The summed E-state index contributed by atoms with van der Waals surface area (Å²) >= 11 is 5.64. The Balaban J connectivity index is 2.89. The van der Waals surface area contributed by atoms with E-state index in [1.54, 1.807) is 5.32 Å². The molecule has 1 atom stereocenters. The Morgan fingerprint density at radius 1 is 1.53 bits per heavy atom. The number of hydrogen-bond donors (Lipinski definition) is 3. The molecule has 0 aliphatic rings. The minimum atomic E-state index is -4.58. The van der Waals surface area contributed by atoms with E-state index in [1.807, 2.05) is 0 Å². The molecule has 0 aliphatic carbocycles. The molecule has 19 heavy (non-hydrogen) atoms. The summed E-state index contributed by atoms with van der Waals surface area (Å²) in [7, 11) is -1.84. The smallest absolute Gasteiger partial charge is 0.423 e. The van der Waals surface area contributed by atoms with Crippen LogP contribution in [0.4, 0.5) is 13.2 Å². The monoisotopic (exact) mass is 296 g/mol. The molecule has 104 valence electrons. The van der Waals surface area contributed by atoms with Gasteiger partial charge in [0.2, 0.25) is 0 Å². The molecule has 1 heterocycles. The molecule has 0 fully saturated rings. The van der Waals surface area contributed by atoms with Crippen LogP contribution in [0.5, 0.6) is 0 Å². The molecule has 1 aromatic rings. The molecule has 0 unspecified atom stereocenters. The molecular formula is C9H9BClF3N2O3. The Bertz CT molecular complexity index is 484. The predicted octanol–water partition coefficient (Wildman–Crippen LogP) is 0.0954. The fourth-order valence-electron chi connectivity index (χ4n) is 1.11. The molecule has 3 N–H and O–H groups in total. The van der Waals surface area contributed by atoms with Gasteiger partial charge in [-0.3, -0.25) is 4.79 Å². The Kier molecular flexibility index (Phi) is 4.78. The van der Waals surface area contributed by atoms with Crippen LogP contribution < -0.4 is 10.8 Å². The molecule has 1 amide bonds. The maximum Gasteiger partial charge on any atom is 0.490 e. The van der Waals surface area contributed by atoms with Gasteiger partial charge >= 0.3 is 13.3 Å². The van der Waals surface area contributed by atoms with E-state index < -0.39 is 30.9 Å². The zero-order valence-electron chi connectivity index (χ0n) is 9.57. The number of nitrogens with zero attached hydrogens (tertiary/aromatic N) is 1. The number of amides is 1. The van der Waals surface area contributed by atoms with Crippen molar-refractivity contribution < 1.29 is 28.0 Å². The lowest BCUT2D eigenvalue weighted by Crippen LogP contribution is -2.43. The standard InChI is InChI=1S/C9H9BClF3N2O3/c1-4(9(12,13)14)16-8(17)7-6(11)2-5(3-15-7)10(18)19/h2-4,18-19H,1H3,(H,16,17)/t4-/m1/s1. The number of alkyl halides is 3. The summed E-state index contributed by atoms with van der Waals surface area (Å²) in [5, 5.41) is 19.1. The molecule has 0 bridgehead atoms. The van der Waals surface area contributed by atoms with E-state index >= 15 is 0 Å².